The van der Waals surface area contributed by atoms with Gasteiger partial charge in [0.05, 0.1) is 11.3 Å². The monoisotopic (exact) mass is 396 g/mol. The van der Waals surface area contributed by atoms with Crippen molar-refractivity contribution in [3.8, 4) is 0 Å². The van der Waals surface area contributed by atoms with Crippen LogP contribution in [0.2, 0.25) is 5.02 Å². The van der Waals surface area contributed by atoms with Gasteiger partial charge in [0, 0.05) is 36.9 Å². The van der Waals surface area contributed by atoms with Crippen LogP contribution in [-0.4, -0.2) is 39.3 Å². The Morgan fingerprint density at radius 3 is 2.65 bits per heavy atom. The van der Waals surface area contributed by atoms with Crippen LogP contribution in [-0.2, 0) is 27.7 Å². The third kappa shape index (κ3) is 3.34. The van der Waals surface area contributed by atoms with E-state index in [2.05, 4.69) is 0 Å². The first-order valence-electron chi connectivity index (χ1n) is 8.00. The summed E-state index contributed by atoms with van der Waals surface area (Å²) in [6.07, 6.45) is 0.394. The summed E-state index contributed by atoms with van der Waals surface area (Å²) in [5.41, 5.74) is 1.60. The maximum absolute atomic E-state index is 13.9. The summed E-state index contributed by atoms with van der Waals surface area (Å²) in [7, 11) is -0.596. The second-order valence-corrected chi connectivity index (χ2v) is 8.81. The van der Waals surface area contributed by atoms with E-state index in [1.165, 1.54) is 32.3 Å². The molecule has 1 aliphatic rings. The lowest BCUT2D eigenvalue weighted by atomic mass is 10.1. The average molecular weight is 397 g/mol. The van der Waals surface area contributed by atoms with E-state index in [0.29, 0.717) is 18.7 Å². The standard InChI is InChI=1S/C18H18ClFN2O3S/c1-21(2)26(24,25)13-6-7-17-12(10-13)8-9-22(17)18(23)11-14-15(19)4-3-5-16(14)20/h3-7,10H,8-9,11H2,1-2H3. The summed E-state index contributed by atoms with van der Waals surface area (Å²) < 4.78 is 39.6. The summed E-state index contributed by atoms with van der Waals surface area (Å²) in [5, 5.41) is 0.213. The largest absolute Gasteiger partial charge is 0.312 e. The number of carbonyl (C=O) groups excluding carboxylic acids is 1. The number of benzene rings is 2. The zero-order valence-electron chi connectivity index (χ0n) is 14.4. The minimum Gasteiger partial charge on any atom is -0.312 e. The lowest BCUT2D eigenvalue weighted by Crippen LogP contribution is -2.30. The number of amides is 1. The molecule has 5 nitrogen and oxygen atoms in total. The number of carbonyl (C=O) groups is 1. The van der Waals surface area contributed by atoms with Crippen molar-refractivity contribution in [2.24, 2.45) is 0 Å². The fraction of sp³-hybridized carbons (Fsp3) is 0.278. The third-order valence-electron chi connectivity index (χ3n) is 4.42. The van der Waals surface area contributed by atoms with Crippen LogP contribution < -0.4 is 4.90 Å². The Bertz CT molecular complexity index is 956. The van der Waals surface area contributed by atoms with Gasteiger partial charge in [-0.2, -0.15) is 0 Å². The Balaban J connectivity index is 1.87. The highest BCUT2D eigenvalue weighted by Crippen LogP contribution is 2.32. The van der Waals surface area contributed by atoms with Gasteiger partial charge in [0.2, 0.25) is 15.9 Å². The highest BCUT2D eigenvalue weighted by molar-refractivity contribution is 7.89. The van der Waals surface area contributed by atoms with E-state index in [4.69, 9.17) is 11.6 Å². The molecule has 1 amide bonds. The van der Waals surface area contributed by atoms with E-state index < -0.39 is 15.8 Å². The van der Waals surface area contributed by atoms with Crippen LogP contribution in [0.4, 0.5) is 10.1 Å². The highest BCUT2D eigenvalue weighted by Gasteiger charge is 2.28. The molecule has 0 fully saturated rings. The van der Waals surface area contributed by atoms with E-state index in [0.717, 1.165) is 9.87 Å². The Morgan fingerprint density at radius 1 is 1.27 bits per heavy atom. The van der Waals surface area contributed by atoms with Gasteiger partial charge in [0.25, 0.3) is 0 Å². The molecule has 0 bridgehead atoms. The molecule has 2 aromatic carbocycles. The van der Waals surface area contributed by atoms with Crippen molar-refractivity contribution in [1.29, 1.82) is 0 Å². The molecular formula is C18H18ClFN2O3S. The number of hydrogen-bond acceptors (Lipinski definition) is 3. The molecule has 0 unspecified atom stereocenters. The van der Waals surface area contributed by atoms with Crippen molar-refractivity contribution in [1.82, 2.24) is 4.31 Å². The Morgan fingerprint density at radius 2 is 2.00 bits per heavy atom. The van der Waals surface area contributed by atoms with Crippen molar-refractivity contribution in [2.75, 3.05) is 25.5 Å². The minimum absolute atomic E-state index is 0.150. The Labute approximate surface area is 157 Å². The van der Waals surface area contributed by atoms with Gasteiger partial charge in [-0.15, -0.1) is 0 Å². The van der Waals surface area contributed by atoms with Crippen molar-refractivity contribution in [3.63, 3.8) is 0 Å². The molecular weight excluding hydrogens is 379 g/mol. The molecule has 0 aromatic heterocycles. The van der Waals surface area contributed by atoms with Crippen LogP contribution in [0.15, 0.2) is 41.3 Å². The number of halogens is 2. The summed E-state index contributed by atoms with van der Waals surface area (Å²) in [5.74, 6) is -0.795. The topological polar surface area (TPSA) is 57.7 Å². The zero-order chi connectivity index (χ0) is 19.1. The van der Waals surface area contributed by atoms with Crippen LogP contribution >= 0.6 is 11.6 Å². The van der Waals surface area contributed by atoms with E-state index in [-0.39, 0.29) is 27.8 Å². The predicted molar refractivity (Wildman–Crippen MR) is 98.5 cm³/mol. The molecule has 0 spiro atoms. The first-order chi connectivity index (χ1) is 12.2. The maximum atomic E-state index is 13.9. The Hall–Kier alpha value is -1.96. The normalized spacial score (nSPS) is 14.0. The molecule has 138 valence electrons. The van der Waals surface area contributed by atoms with E-state index >= 15 is 0 Å². The number of rotatable bonds is 4. The van der Waals surface area contributed by atoms with Crippen molar-refractivity contribution in [3.05, 3.63) is 58.4 Å². The first-order valence-corrected chi connectivity index (χ1v) is 9.82. The number of sulfonamides is 1. The van der Waals surface area contributed by atoms with Crippen LogP contribution in [0, 0.1) is 5.82 Å². The van der Waals surface area contributed by atoms with Crippen LogP contribution in [0.1, 0.15) is 11.1 Å². The van der Waals surface area contributed by atoms with Gasteiger partial charge in [0.15, 0.2) is 0 Å². The average Bonchev–Trinajstić information content (AvgIpc) is 3.01. The van der Waals surface area contributed by atoms with E-state index in [9.17, 15) is 17.6 Å². The van der Waals surface area contributed by atoms with Gasteiger partial charge < -0.3 is 4.90 Å². The van der Waals surface area contributed by atoms with E-state index in [1.807, 2.05) is 0 Å². The number of anilines is 1. The Kier molecular flexibility index (Phi) is 5.05. The number of hydrogen-bond donors (Lipinski definition) is 0. The zero-order valence-corrected chi connectivity index (χ0v) is 15.9. The van der Waals surface area contributed by atoms with Crippen molar-refractivity contribution >= 4 is 33.2 Å². The summed E-state index contributed by atoms with van der Waals surface area (Å²) >= 11 is 6.00. The molecule has 1 aliphatic heterocycles. The fourth-order valence-electron chi connectivity index (χ4n) is 2.96. The second kappa shape index (κ2) is 6.98. The number of nitrogens with zero attached hydrogens (tertiary/aromatic N) is 2. The van der Waals surface area contributed by atoms with Gasteiger partial charge in [0.1, 0.15) is 5.82 Å². The van der Waals surface area contributed by atoms with Crippen LogP contribution in [0.25, 0.3) is 0 Å². The molecule has 2 aromatic rings. The minimum atomic E-state index is -3.53. The van der Waals surface area contributed by atoms with Gasteiger partial charge >= 0.3 is 0 Å². The van der Waals surface area contributed by atoms with Gasteiger partial charge in [-0.1, -0.05) is 17.7 Å². The molecule has 0 saturated carbocycles. The third-order valence-corrected chi connectivity index (χ3v) is 6.58. The SMILES string of the molecule is CN(C)S(=O)(=O)c1ccc2c(c1)CCN2C(=O)Cc1c(F)cccc1Cl. The molecule has 0 atom stereocenters. The summed E-state index contributed by atoms with van der Waals surface area (Å²) in [6, 6.07) is 9.00. The lowest BCUT2D eigenvalue weighted by Gasteiger charge is -2.19. The predicted octanol–water partition coefficient (Wildman–Crippen LogP) is 2.86. The molecule has 0 radical (unpaired) electrons. The smallest absolute Gasteiger partial charge is 0.242 e. The molecule has 0 N–H and O–H groups in total. The van der Waals surface area contributed by atoms with Gasteiger partial charge in [-0.05, 0) is 42.3 Å². The lowest BCUT2D eigenvalue weighted by molar-refractivity contribution is -0.117. The summed E-state index contributed by atoms with van der Waals surface area (Å²) in [4.78, 5) is 14.4. The quantitative estimate of drug-likeness (QED) is 0.798. The van der Waals surface area contributed by atoms with Crippen LogP contribution in [0.3, 0.4) is 0 Å². The first kappa shape index (κ1) is 18.8. The molecule has 0 saturated heterocycles. The molecule has 8 heteroatoms. The molecule has 0 aliphatic carbocycles. The molecule has 1 heterocycles. The summed E-state index contributed by atoms with van der Waals surface area (Å²) in [6.45, 7) is 0.422. The highest BCUT2D eigenvalue weighted by atomic mass is 35.5. The van der Waals surface area contributed by atoms with Gasteiger partial charge in [-0.25, -0.2) is 17.1 Å². The molecule has 3 rings (SSSR count). The maximum Gasteiger partial charge on any atom is 0.242 e. The van der Waals surface area contributed by atoms with Crippen LogP contribution in [0.5, 0.6) is 0 Å². The van der Waals surface area contributed by atoms with Crippen molar-refractivity contribution < 1.29 is 17.6 Å². The number of fused-ring (bicyclic) bond motifs is 1. The van der Waals surface area contributed by atoms with Gasteiger partial charge in [-0.3, -0.25) is 4.79 Å². The molecule has 26 heavy (non-hydrogen) atoms. The second-order valence-electron chi connectivity index (χ2n) is 6.25. The van der Waals surface area contributed by atoms with E-state index in [1.54, 1.807) is 23.1 Å². The van der Waals surface area contributed by atoms with Crippen molar-refractivity contribution in [2.45, 2.75) is 17.7 Å². The fourth-order valence-corrected chi connectivity index (χ4v) is 4.14.